The Morgan fingerprint density at radius 1 is 1.20 bits per heavy atom. The molecular formula is C30H26ClFN6O3. The minimum Gasteiger partial charge on any atom is -0.489 e. The second-order valence-electron chi connectivity index (χ2n) is 10.6. The highest BCUT2D eigenvalue weighted by Gasteiger charge is 2.38. The smallest absolute Gasteiger partial charge is 0.355 e. The molecule has 5 heterocycles. The SMILES string of the molecule is C=CC(=O)N1CCN2c3nc(=O)n(-c4c(C)ccnc4C4CC4)c4nc(-c5ccccc5F)c(Cl)c(c34)OC[C@H]2C1. The summed E-state index contributed by atoms with van der Waals surface area (Å²) in [5.74, 6) is 0.208. The third kappa shape index (κ3) is 4.08. The van der Waals surface area contributed by atoms with Crippen LogP contribution in [0.3, 0.4) is 0 Å². The van der Waals surface area contributed by atoms with Crippen LogP contribution in [-0.4, -0.2) is 62.6 Å². The van der Waals surface area contributed by atoms with Crippen LogP contribution in [0.25, 0.3) is 28.0 Å². The number of fused-ring (bicyclic) bond motifs is 2. The molecule has 0 bridgehead atoms. The van der Waals surface area contributed by atoms with Gasteiger partial charge in [-0.2, -0.15) is 4.98 Å². The maximum atomic E-state index is 15.1. The number of carbonyl (C=O) groups is 1. The molecule has 1 aliphatic carbocycles. The van der Waals surface area contributed by atoms with E-state index < -0.39 is 11.5 Å². The normalized spacial score (nSPS) is 18.1. The van der Waals surface area contributed by atoms with Crippen LogP contribution in [0.1, 0.15) is 30.0 Å². The molecule has 4 aromatic rings. The monoisotopic (exact) mass is 572 g/mol. The van der Waals surface area contributed by atoms with Gasteiger partial charge in [-0.05, 0) is 49.6 Å². The van der Waals surface area contributed by atoms with Gasteiger partial charge in [0.1, 0.15) is 28.7 Å². The van der Waals surface area contributed by atoms with E-state index in [9.17, 15) is 9.59 Å². The molecular weight excluding hydrogens is 547 g/mol. The van der Waals surface area contributed by atoms with E-state index in [0.717, 1.165) is 24.1 Å². The molecule has 208 valence electrons. The molecule has 1 saturated carbocycles. The van der Waals surface area contributed by atoms with E-state index in [2.05, 4.69) is 16.5 Å². The van der Waals surface area contributed by atoms with Crippen molar-refractivity contribution in [2.45, 2.75) is 31.7 Å². The molecule has 2 aliphatic heterocycles. The Labute approximate surface area is 239 Å². The molecule has 0 radical (unpaired) electrons. The second kappa shape index (κ2) is 9.66. The molecule has 7 rings (SSSR count). The number of piperazine rings is 1. The van der Waals surface area contributed by atoms with Gasteiger partial charge in [-0.3, -0.25) is 9.78 Å². The van der Waals surface area contributed by atoms with E-state index in [0.29, 0.717) is 36.5 Å². The summed E-state index contributed by atoms with van der Waals surface area (Å²) in [5.41, 5.74) is 2.36. The van der Waals surface area contributed by atoms with Gasteiger partial charge in [0.05, 0.1) is 23.1 Å². The first-order valence-corrected chi connectivity index (χ1v) is 13.9. The molecule has 41 heavy (non-hydrogen) atoms. The van der Waals surface area contributed by atoms with Crippen LogP contribution in [0.4, 0.5) is 10.2 Å². The minimum atomic E-state index is -0.531. The number of halogens is 2. The Bertz CT molecular complexity index is 1820. The van der Waals surface area contributed by atoms with Crippen molar-refractivity contribution in [2.24, 2.45) is 0 Å². The fraction of sp³-hybridized carbons (Fsp3) is 0.300. The molecule has 1 atom stereocenters. The first kappa shape index (κ1) is 25.6. The van der Waals surface area contributed by atoms with Gasteiger partial charge in [-0.15, -0.1) is 0 Å². The first-order chi connectivity index (χ1) is 19.9. The lowest BCUT2D eigenvalue weighted by molar-refractivity contribution is -0.126. The highest BCUT2D eigenvalue weighted by atomic mass is 35.5. The molecule has 1 saturated heterocycles. The largest absolute Gasteiger partial charge is 0.489 e. The molecule has 0 unspecified atom stereocenters. The summed E-state index contributed by atoms with van der Waals surface area (Å²) in [6.45, 7) is 6.89. The van der Waals surface area contributed by atoms with Crippen molar-refractivity contribution in [3.8, 4) is 22.7 Å². The van der Waals surface area contributed by atoms with E-state index in [1.54, 1.807) is 29.3 Å². The number of amides is 1. The number of hydrogen-bond acceptors (Lipinski definition) is 7. The van der Waals surface area contributed by atoms with E-state index in [4.69, 9.17) is 21.3 Å². The van der Waals surface area contributed by atoms with Gasteiger partial charge in [0, 0.05) is 37.3 Å². The highest BCUT2D eigenvalue weighted by molar-refractivity contribution is 6.36. The van der Waals surface area contributed by atoms with Crippen molar-refractivity contribution in [1.29, 1.82) is 0 Å². The van der Waals surface area contributed by atoms with Gasteiger partial charge in [-0.25, -0.2) is 18.7 Å². The van der Waals surface area contributed by atoms with Crippen LogP contribution in [0.2, 0.25) is 5.02 Å². The number of nitrogens with zero attached hydrogens (tertiary/aromatic N) is 6. The fourth-order valence-corrected chi connectivity index (χ4v) is 6.15. The topological polar surface area (TPSA) is 93.5 Å². The van der Waals surface area contributed by atoms with Crippen molar-refractivity contribution >= 4 is 34.4 Å². The quantitative estimate of drug-likeness (QED) is 0.334. The van der Waals surface area contributed by atoms with E-state index in [1.807, 2.05) is 17.9 Å². The summed E-state index contributed by atoms with van der Waals surface area (Å²) >= 11 is 6.95. The maximum Gasteiger partial charge on any atom is 0.355 e. The van der Waals surface area contributed by atoms with E-state index in [1.165, 1.54) is 16.7 Å². The third-order valence-electron chi connectivity index (χ3n) is 8.04. The number of hydrogen-bond donors (Lipinski definition) is 0. The van der Waals surface area contributed by atoms with Gasteiger partial charge in [-0.1, -0.05) is 30.3 Å². The maximum absolute atomic E-state index is 15.1. The van der Waals surface area contributed by atoms with Crippen molar-refractivity contribution in [2.75, 3.05) is 31.1 Å². The van der Waals surface area contributed by atoms with Gasteiger partial charge in [0.2, 0.25) is 5.91 Å². The summed E-state index contributed by atoms with van der Waals surface area (Å²) in [5, 5.41) is 0.589. The van der Waals surface area contributed by atoms with E-state index >= 15 is 4.39 Å². The van der Waals surface area contributed by atoms with Crippen LogP contribution in [0, 0.1) is 12.7 Å². The standard InChI is InChI=1S/C30H26ClFN6O3/c1-3-21(39)36-12-13-37-18(14-36)15-41-27-22-28(37)35-30(40)38(26-16(2)10-11-33-24(26)17-8-9-17)29(22)34-25(23(27)31)19-6-4-5-7-20(19)32/h3-7,10-11,17-18H,1,8-9,12-15H2,2H3/t18-/m1/s1. The zero-order chi connectivity index (χ0) is 28.4. The summed E-state index contributed by atoms with van der Waals surface area (Å²) in [6, 6.07) is 7.77. The minimum absolute atomic E-state index is 0.125. The second-order valence-corrected chi connectivity index (χ2v) is 11.0. The van der Waals surface area contributed by atoms with Gasteiger partial charge >= 0.3 is 5.69 Å². The van der Waals surface area contributed by atoms with Crippen molar-refractivity contribution in [1.82, 2.24) is 24.4 Å². The average molecular weight is 573 g/mol. The van der Waals surface area contributed by atoms with Gasteiger partial charge < -0.3 is 14.5 Å². The molecule has 0 N–H and O–H groups in total. The Morgan fingerprint density at radius 3 is 2.76 bits per heavy atom. The lowest BCUT2D eigenvalue weighted by Crippen LogP contribution is -2.56. The number of aromatic nitrogens is 4. The molecule has 0 spiro atoms. The number of aryl methyl sites for hydroxylation is 1. The molecule has 11 heteroatoms. The predicted octanol–water partition coefficient (Wildman–Crippen LogP) is 4.42. The first-order valence-electron chi connectivity index (χ1n) is 13.5. The Kier molecular flexibility index (Phi) is 6.04. The molecule has 2 fully saturated rings. The number of rotatable bonds is 4. The molecule has 3 aromatic heterocycles. The van der Waals surface area contributed by atoms with Crippen LogP contribution < -0.4 is 15.3 Å². The van der Waals surface area contributed by atoms with Crippen LogP contribution in [0.5, 0.6) is 5.75 Å². The molecule has 3 aliphatic rings. The Hall–Kier alpha value is -4.31. The molecule has 1 aromatic carbocycles. The van der Waals surface area contributed by atoms with Gasteiger partial charge in [0.15, 0.2) is 11.4 Å². The Balaban J connectivity index is 1.54. The summed E-state index contributed by atoms with van der Waals surface area (Å²) in [4.78, 5) is 44.2. The average Bonchev–Trinajstić information content (AvgIpc) is 3.83. The fourth-order valence-electron chi connectivity index (χ4n) is 5.86. The zero-order valence-corrected chi connectivity index (χ0v) is 23.1. The summed E-state index contributed by atoms with van der Waals surface area (Å²) in [6.07, 6.45) is 4.99. The summed E-state index contributed by atoms with van der Waals surface area (Å²) in [7, 11) is 0. The molecule has 9 nitrogen and oxygen atoms in total. The van der Waals surface area contributed by atoms with Crippen LogP contribution >= 0.6 is 11.6 Å². The summed E-state index contributed by atoms with van der Waals surface area (Å²) < 4.78 is 23.0. The number of pyridine rings is 2. The lowest BCUT2D eigenvalue weighted by atomic mass is 10.1. The van der Waals surface area contributed by atoms with Crippen molar-refractivity contribution < 1.29 is 13.9 Å². The van der Waals surface area contributed by atoms with Crippen LogP contribution in [-0.2, 0) is 4.79 Å². The zero-order valence-electron chi connectivity index (χ0n) is 22.3. The van der Waals surface area contributed by atoms with Crippen molar-refractivity contribution in [3.05, 3.63) is 81.8 Å². The van der Waals surface area contributed by atoms with Crippen molar-refractivity contribution in [3.63, 3.8) is 0 Å². The van der Waals surface area contributed by atoms with Crippen LogP contribution in [0.15, 0.2) is 54.0 Å². The predicted molar refractivity (Wildman–Crippen MR) is 153 cm³/mol. The lowest BCUT2D eigenvalue weighted by Gasteiger charge is -2.40. The highest BCUT2D eigenvalue weighted by Crippen LogP contribution is 2.47. The number of anilines is 1. The van der Waals surface area contributed by atoms with E-state index in [-0.39, 0.29) is 52.2 Å². The number of ether oxygens (including phenoxy) is 1. The molecule has 1 amide bonds. The van der Waals surface area contributed by atoms with Gasteiger partial charge in [0.25, 0.3) is 0 Å². The number of carbonyl (C=O) groups excluding carboxylic acids is 1. The number of benzene rings is 1. The third-order valence-corrected chi connectivity index (χ3v) is 8.39. The Morgan fingerprint density at radius 2 is 2.00 bits per heavy atom.